The van der Waals surface area contributed by atoms with Gasteiger partial charge in [0.15, 0.2) is 6.29 Å². The summed E-state index contributed by atoms with van der Waals surface area (Å²) in [4.78, 5) is 35.1. The van der Waals surface area contributed by atoms with Crippen LogP contribution in [0.2, 0.25) is 0 Å². The standard InChI is InChI=1S/C34H49ClN4O6/c1-38(2)28-11-7-26(8-12-28)25-30-34(41)39(31(37-30)15-16-32-44-23-24-45-32)29-13-9-27(10-14-29)33(40)36-18-20-43-22-21-42-19-6-4-3-5-17-35/h7-8,11-12,15-16,25,27,29,32H,3-6,9-10,13-14,17-24H2,1-2H3,(H,36,40)/b16-15+,30-25-. The summed E-state index contributed by atoms with van der Waals surface area (Å²) in [6, 6.07) is 7.97. The first-order valence-electron chi connectivity index (χ1n) is 16.3. The van der Waals surface area contributed by atoms with Gasteiger partial charge in [-0.25, -0.2) is 4.99 Å². The Kier molecular flexibility index (Phi) is 14.8. The number of anilines is 1. The zero-order valence-corrected chi connectivity index (χ0v) is 27.5. The molecule has 0 atom stereocenters. The number of aliphatic imine (C=N–C) groups is 1. The second kappa shape index (κ2) is 19.0. The van der Waals surface area contributed by atoms with Crippen LogP contribution in [0.15, 0.2) is 47.1 Å². The van der Waals surface area contributed by atoms with Crippen molar-refractivity contribution in [3.63, 3.8) is 0 Å². The van der Waals surface area contributed by atoms with E-state index in [9.17, 15) is 9.59 Å². The lowest BCUT2D eigenvalue weighted by molar-refractivity contribution is -0.127. The Labute approximate surface area is 272 Å². The van der Waals surface area contributed by atoms with Crippen molar-refractivity contribution >= 4 is 41.0 Å². The Bertz CT molecular complexity index is 1160. The van der Waals surface area contributed by atoms with Gasteiger partial charge >= 0.3 is 0 Å². The lowest BCUT2D eigenvalue weighted by Crippen LogP contribution is -2.44. The van der Waals surface area contributed by atoms with E-state index in [1.165, 1.54) is 0 Å². The molecule has 1 aromatic rings. The first kappa shape index (κ1) is 35.1. The van der Waals surface area contributed by atoms with E-state index in [2.05, 4.69) is 5.32 Å². The number of carbonyl (C=O) groups excluding carboxylic acids is 2. The van der Waals surface area contributed by atoms with Crippen LogP contribution in [-0.4, -0.2) is 101 Å². The van der Waals surface area contributed by atoms with Gasteiger partial charge in [-0.1, -0.05) is 25.0 Å². The number of benzene rings is 1. The normalized spacial score (nSPS) is 21.7. The molecule has 2 amide bonds. The fraction of sp³-hybridized carbons (Fsp3) is 0.618. The Morgan fingerprint density at radius 1 is 1.00 bits per heavy atom. The zero-order valence-electron chi connectivity index (χ0n) is 26.8. The van der Waals surface area contributed by atoms with Gasteiger partial charge < -0.3 is 29.2 Å². The van der Waals surface area contributed by atoms with E-state index in [4.69, 9.17) is 35.5 Å². The topological polar surface area (TPSA) is 102 Å². The predicted molar refractivity (Wildman–Crippen MR) is 177 cm³/mol. The fourth-order valence-electron chi connectivity index (χ4n) is 5.66. The molecule has 2 heterocycles. The molecule has 45 heavy (non-hydrogen) atoms. The van der Waals surface area contributed by atoms with Crippen molar-refractivity contribution in [2.24, 2.45) is 10.9 Å². The first-order valence-corrected chi connectivity index (χ1v) is 16.8. The average Bonchev–Trinajstić information content (AvgIpc) is 3.68. The van der Waals surface area contributed by atoms with Crippen molar-refractivity contribution in [2.75, 3.05) is 71.1 Å². The maximum absolute atomic E-state index is 13.7. The van der Waals surface area contributed by atoms with Gasteiger partial charge in [0.05, 0.1) is 33.0 Å². The third kappa shape index (κ3) is 11.2. The molecule has 0 spiro atoms. The maximum Gasteiger partial charge on any atom is 0.278 e. The molecule has 1 aliphatic carbocycles. The summed E-state index contributed by atoms with van der Waals surface area (Å²) in [6.07, 6.45) is 12.2. The highest BCUT2D eigenvalue weighted by Crippen LogP contribution is 2.32. The van der Waals surface area contributed by atoms with Crippen molar-refractivity contribution in [2.45, 2.75) is 63.7 Å². The highest BCUT2D eigenvalue weighted by atomic mass is 35.5. The van der Waals surface area contributed by atoms with E-state index in [1.54, 1.807) is 11.0 Å². The third-order valence-electron chi connectivity index (χ3n) is 8.21. The van der Waals surface area contributed by atoms with Gasteiger partial charge in [0.1, 0.15) is 11.5 Å². The number of nitrogens with zero attached hydrogens (tertiary/aromatic N) is 3. The van der Waals surface area contributed by atoms with Gasteiger partial charge in [0.25, 0.3) is 5.91 Å². The lowest BCUT2D eigenvalue weighted by Gasteiger charge is -2.34. The second-order valence-corrected chi connectivity index (χ2v) is 12.1. The van der Waals surface area contributed by atoms with Gasteiger partial charge in [-0.05, 0) is 74.4 Å². The number of halogens is 1. The van der Waals surface area contributed by atoms with Crippen LogP contribution in [0.3, 0.4) is 0 Å². The largest absolute Gasteiger partial charge is 0.379 e. The molecule has 1 saturated heterocycles. The average molecular weight is 645 g/mol. The number of hydrogen-bond donors (Lipinski definition) is 1. The van der Waals surface area contributed by atoms with E-state index in [1.807, 2.05) is 55.4 Å². The molecule has 2 aliphatic heterocycles. The van der Waals surface area contributed by atoms with Crippen LogP contribution in [0.25, 0.3) is 6.08 Å². The Balaban J connectivity index is 1.23. The van der Waals surface area contributed by atoms with Gasteiger partial charge in [-0.2, -0.15) is 0 Å². The summed E-state index contributed by atoms with van der Waals surface area (Å²) in [6.45, 7) is 3.82. The number of rotatable bonds is 18. The van der Waals surface area contributed by atoms with Crippen LogP contribution in [0.5, 0.6) is 0 Å². The smallest absolute Gasteiger partial charge is 0.278 e. The van der Waals surface area contributed by atoms with E-state index < -0.39 is 6.29 Å². The number of nitrogens with one attached hydrogen (secondary N) is 1. The van der Waals surface area contributed by atoms with Crippen molar-refractivity contribution in [1.29, 1.82) is 0 Å². The minimum absolute atomic E-state index is 0.0407. The number of carbonyl (C=O) groups is 2. The van der Waals surface area contributed by atoms with E-state index in [-0.39, 0.29) is 23.8 Å². The first-order chi connectivity index (χ1) is 22.0. The summed E-state index contributed by atoms with van der Waals surface area (Å²) in [7, 11) is 3.98. The number of ether oxygens (including phenoxy) is 4. The summed E-state index contributed by atoms with van der Waals surface area (Å²) >= 11 is 5.69. The minimum Gasteiger partial charge on any atom is -0.379 e. The van der Waals surface area contributed by atoms with E-state index in [0.29, 0.717) is 64.0 Å². The van der Waals surface area contributed by atoms with Crippen molar-refractivity contribution in [3.05, 3.63) is 47.7 Å². The van der Waals surface area contributed by atoms with Crippen molar-refractivity contribution < 1.29 is 28.5 Å². The van der Waals surface area contributed by atoms with Crippen molar-refractivity contribution in [1.82, 2.24) is 10.2 Å². The van der Waals surface area contributed by atoms with Crippen LogP contribution in [0, 0.1) is 5.92 Å². The number of alkyl halides is 1. The molecule has 2 fully saturated rings. The Hall–Kier alpha value is -2.76. The number of amides is 2. The molecule has 3 aliphatic rings. The second-order valence-electron chi connectivity index (χ2n) is 11.8. The lowest BCUT2D eigenvalue weighted by atomic mass is 9.84. The quantitative estimate of drug-likeness (QED) is 0.140. The molecule has 1 aromatic carbocycles. The summed E-state index contributed by atoms with van der Waals surface area (Å²) in [5.41, 5.74) is 2.39. The summed E-state index contributed by atoms with van der Waals surface area (Å²) in [5.74, 6) is 1.14. The monoisotopic (exact) mass is 644 g/mol. The number of hydrogen-bond acceptors (Lipinski definition) is 8. The molecular weight excluding hydrogens is 596 g/mol. The molecule has 0 unspecified atom stereocenters. The molecule has 0 bridgehead atoms. The van der Waals surface area contributed by atoms with Crippen LogP contribution in [0.4, 0.5) is 5.69 Å². The summed E-state index contributed by atoms with van der Waals surface area (Å²) < 4.78 is 22.3. The minimum atomic E-state index is -0.441. The van der Waals surface area contributed by atoms with E-state index >= 15 is 0 Å². The molecular formula is C34H49ClN4O6. The van der Waals surface area contributed by atoms with Crippen molar-refractivity contribution in [3.8, 4) is 0 Å². The van der Waals surface area contributed by atoms with E-state index in [0.717, 1.165) is 62.3 Å². The van der Waals surface area contributed by atoms with Crippen LogP contribution < -0.4 is 10.2 Å². The van der Waals surface area contributed by atoms with Gasteiger partial charge in [0.2, 0.25) is 5.91 Å². The highest BCUT2D eigenvalue weighted by molar-refractivity contribution is 6.18. The Morgan fingerprint density at radius 3 is 2.38 bits per heavy atom. The predicted octanol–water partition coefficient (Wildman–Crippen LogP) is 4.77. The molecule has 11 heteroatoms. The molecule has 0 radical (unpaired) electrons. The highest BCUT2D eigenvalue weighted by Gasteiger charge is 2.38. The molecule has 0 aromatic heterocycles. The maximum atomic E-state index is 13.7. The molecule has 4 rings (SSSR count). The summed E-state index contributed by atoms with van der Waals surface area (Å²) in [5, 5.41) is 3.01. The SMILES string of the molecule is CN(C)c1ccc(/C=C2N=C(/C=C/C3OCCO3)N(C3CCC(C(=O)NCCOCCOCCCCCCCl)CC3)C\2=O)cc1. The van der Waals surface area contributed by atoms with Crippen LogP contribution in [0.1, 0.15) is 56.9 Å². The van der Waals surface area contributed by atoms with Gasteiger partial charge in [-0.3, -0.25) is 14.5 Å². The number of amidine groups is 1. The van der Waals surface area contributed by atoms with Gasteiger partial charge in [-0.15, -0.1) is 11.6 Å². The number of unbranched alkanes of at least 4 members (excludes halogenated alkanes) is 3. The fourth-order valence-corrected chi connectivity index (χ4v) is 5.85. The molecule has 1 N–H and O–H groups in total. The van der Waals surface area contributed by atoms with Crippen LogP contribution >= 0.6 is 11.6 Å². The zero-order chi connectivity index (χ0) is 31.9. The molecule has 10 nitrogen and oxygen atoms in total. The van der Waals surface area contributed by atoms with Crippen LogP contribution in [-0.2, 0) is 28.5 Å². The Morgan fingerprint density at radius 2 is 1.69 bits per heavy atom. The third-order valence-corrected chi connectivity index (χ3v) is 8.47. The van der Waals surface area contributed by atoms with Gasteiger partial charge in [0, 0.05) is 50.8 Å². The molecule has 1 saturated carbocycles. The molecule has 248 valence electrons.